The molecule has 44 heavy (non-hydrogen) atoms. The van der Waals surface area contributed by atoms with Crippen molar-refractivity contribution in [2.24, 2.45) is 5.92 Å². The second kappa shape index (κ2) is 15.1. The predicted octanol–water partition coefficient (Wildman–Crippen LogP) is 9.16. The number of hydrogen-bond acceptors (Lipinski definition) is 7. The van der Waals surface area contributed by atoms with E-state index >= 15 is 0 Å². The van der Waals surface area contributed by atoms with E-state index in [2.05, 4.69) is 11.1 Å². The number of carbonyl (C=O) groups excluding carboxylic acids is 2. The number of aryl methyl sites for hydroxylation is 2. The van der Waals surface area contributed by atoms with Crippen molar-refractivity contribution in [2.45, 2.75) is 102 Å². The molecule has 1 atom stereocenters. The van der Waals surface area contributed by atoms with E-state index in [-0.39, 0.29) is 21.6 Å². The summed E-state index contributed by atoms with van der Waals surface area (Å²) >= 11 is 12.6. The van der Waals surface area contributed by atoms with Crippen molar-refractivity contribution in [1.82, 2.24) is 4.98 Å². The minimum Gasteiger partial charge on any atom is -0.450 e. The van der Waals surface area contributed by atoms with E-state index < -0.39 is 21.9 Å². The van der Waals surface area contributed by atoms with Crippen LogP contribution in [-0.4, -0.2) is 31.4 Å². The summed E-state index contributed by atoms with van der Waals surface area (Å²) in [5.74, 6) is 1.23. The number of esters is 1. The highest BCUT2D eigenvalue weighted by atomic mass is 35.5. The molecule has 0 radical (unpaired) electrons. The zero-order chi connectivity index (χ0) is 32.0. The minimum absolute atomic E-state index is 0.0583. The standard InChI is InChI=1S/C17H20ClNO.C17H21ClO5S/c1-11-8-9-14(15(18)10-11)17-16(19-12(2)20-17)13-6-4-3-5-7-13;1-11(19)23-17(16(20)12-6-4-3-5-7-12)14-9-8-13(10-15(14)18)24(2,21)22/h8-10,13H,3-7H2,1-2H3;8-10,12,17H,3-7H2,1-2H3. The smallest absolute Gasteiger partial charge is 0.303 e. The van der Waals surface area contributed by atoms with E-state index in [0.717, 1.165) is 71.9 Å². The van der Waals surface area contributed by atoms with Crippen molar-refractivity contribution >= 4 is 44.8 Å². The Kier molecular flexibility index (Phi) is 11.7. The maximum Gasteiger partial charge on any atom is 0.303 e. The van der Waals surface area contributed by atoms with Gasteiger partial charge in [-0.15, -0.1) is 0 Å². The van der Waals surface area contributed by atoms with Gasteiger partial charge in [0.25, 0.3) is 0 Å². The summed E-state index contributed by atoms with van der Waals surface area (Å²) < 4.78 is 34.3. The van der Waals surface area contributed by atoms with Gasteiger partial charge in [-0.25, -0.2) is 13.4 Å². The molecule has 1 unspecified atom stereocenters. The first kappa shape index (κ1) is 34.2. The summed E-state index contributed by atoms with van der Waals surface area (Å²) in [5, 5.41) is 0.853. The Labute approximate surface area is 270 Å². The van der Waals surface area contributed by atoms with Crippen LogP contribution in [0.3, 0.4) is 0 Å². The third kappa shape index (κ3) is 8.73. The van der Waals surface area contributed by atoms with Crippen LogP contribution in [0.2, 0.25) is 10.0 Å². The van der Waals surface area contributed by atoms with Crippen molar-refractivity contribution in [2.75, 3.05) is 6.26 Å². The van der Waals surface area contributed by atoms with E-state index in [1.54, 1.807) is 0 Å². The maximum atomic E-state index is 12.8. The molecule has 5 rings (SSSR count). The summed E-state index contributed by atoms with van der Waals surface area (Å²) in [6, 6.07) is 10.2. The lowest BCUT2D eigenvalue weighted by Gasteiger charge is -2.25. The van der Waals surface area contributed by atoms with Gasteiger partial charge in [0, 0.05) is 48.1 Å². The molecule has 2 saturated carbocycles. The summed E-state index contributed by atoms with van der Waals surface area (Å²) in [7, 11) is -3.41. The summed E-state index contributed by atoms with van der Waals surface area (Å²) in [6.45, 7) is 5.20. The van der Waals surface area contributed by atoms with Gasteiger partial charge in [-0.1, -0.05) is 73.9 Å². The molecule has 0 amide bonds. The summed E-state index contributed by atoms with van der Waals surface area (Å²) in [5.41, 5.74) is 3.57. The molecule has 0 spiro atoms. The Morgan fingerprint density at radius 3 is 2.11 bits per heavy atom. The number of ether oxygens (including phenoxy) is 1. The second-order valence-corrected chi connectivity index (χ2v) is 14.8. The molecule has 0 saturated heterocycles. The number of Topliss-reactive ketones (excluding diaryl/α,β-unsaturated/α-hetero) is 1. The number of sulfone groups is 1. The Bertz CT molecular complexity index is 1590. The van der Waals surface area contributed by atoms with Crippen molar-refractivity contribution in [1.29, 1.82) is 0 Å². The van der Waals surface area contributed by atoms with Crippen LogP contribution >= 0.6 is 23.2 Å². The van der Waals surface area contributed by atoms with Crippen LogP contribution in [0, 0.1) is 19.8 Å². The van der Waals surface area contributed by atoms with Gasteiger partial charge in [0.15, 0.2) is 33.4 Å². The summed E-state index contributed by atoms with van der Waals surface area (Å²) in [4.78, 5) is 29.0. The van der Waals surface area contributed by atoms with E-state index in [1.807, 2.05) is 26.0 Å². The SMILES string of the molecule is CC(=O)OC(C(=O)C1CCCCC1)c1ccc(S(C)(=O)=O)cc1Cl.Cc1ccc(-c2oc(C)nc2C2CCCCC2)c(Cl)c1. The Hall–Kier alpha value is -2.68. The lowest BCUT2D eigenvalue weighted by Crippen LogP contribution is -2.27. The number of hydrogen-bond donors (Lipinski definition) is 0. The van der Waals surface area contributed by atoms with Crippen LogP contribution in [-0.2, 0) is 24.2 Å². The van der Waals surface area contributed by atoms with E-state index in [9.17, 15) is 18.0 Å². The van der Waals surface area contributed by atoms with Crippen LogP contribution in [0.15, 0.2) is 45.7 Å². The highest BCUT2D eigenvalue weighted by Gasteiger charge is 2.33. The first-order valence-corrected chi connectivity index (χ1v) is 17.9. The molecule has 2 aliphatic carbocycles. The highest BCUT2D eigenvalue weighted by Crippen LogP contribution is 2.40. The number of aromatic nitrogens is 1. The number of carbonyl (C=O) groups is 2. The third-order valence-electron chi connectivity index (χ3n) is 8.35. The van der Waals surface area contributed by atoms with Crippen LogP contribution in [0.5, 0.6) is 0 Å². The third-order valence-corrected chi connectivity index (χ3v) is 10.1. The molecule has 2 fully saturated rings. The molecular formula is C34H41Cl2NO6S. The minimum atomic E-state index is -3.41. The normalized spacial score (nSPS) is 17.0. The Balaban J connectivity index is 0.000000204. The van der Waals surface area contributed by atoms with Crippen molar-refractivity contribution in [3.63, 3.8) is 0 Å². The first-order valence-electron chi connectivity index (χ1n) is 15.3. The van der Waals surface area contributed by atoms with E-state index in [4.69, 9.17) is 32.4 Å². The van der Waals surface area contributed by atoms with Crippen molar-refractivity contribution in [3.8, 4) is 11.3 Å². The van der Waals surface area contributed by atoms with Gasteiger partial charge in [-0.05, 0) is 62.4 Å². The van der Waals surface area contributed by atoms with Gasteiger partial charge >= 0.3 is 5.97 Å². The molecule has 0 bridgehead atoms. The highest BCUT2D eigenvalue weighted by molar-refractivity contribution is 7.90. The molecular weight excluding hydrogens is 621 g/mol. The molecule has 3 aromatic rings. The van der Waals surface area contributed by atoms with E-state index in [0.29, 0.717) is 11.5 Å². The average molecular weight is 663 g/mol. The fourth-order valence-electron chi connectivity index (χ4n) is 6.09. The predicted molar refractivity (Wildman–Crippen MR) is 173 cm³/mol. The number of ketones is 1. The van der Waals surface area contributed by atoms with Crippen LogP contribution in [0.4, 0.5) is 0 Å². The monoisotopic (exact) mass is 661 g/mol. The molecule has 2 aliphatic rings. The molecule has 1 heterocycles. The molecule has 2 aromatic carbocycles. The number of halogens is 2. The van der Waals surface area contributed by atoms with Crippen LogP contribution in [0.25, 0.3) is 11.3 Å². The van der Waals surface area contributed by atoms with Gasteiger partial charge in [-0.2, -0.15) is 0 Å². The van der Waals surface area contributed by atoms with Crippen LogP contribution in [0.1, 0.15) is 106 Å². The van der Waals surface area contributed by atoms with Gasteiger partial charge < -0.3 is 9.15 Å². The van der Waals surface area contributed by atoms with Crippen LogP contribution < -0.4 is 0 Å². The van der Waals surface area contributed by atoms with Crippen molar-refractivity contribution < 1.29 is 27.2 Å². The van der Waals surface area contributed by atoms with Gasteiger partial charge in [0.05, 0.1) is 15.6 Å². The molecule has 0 aliphatic heterocycles. The number of oxazole rings is 1. The average Bonchev–Trinajstić information content (AvgIpc) is 3.37. The fourth-order valence-corrected chi connectivity index (χ4v) is 7.40. The second-order valence-electron chi connectivity index (χ2n) is 11.9. The van der Waals surface area contributed by atoms with Gasteiger partial charge in [0.2, 0.25) is 0 Å². The topological polar surface area (TPSA) is 104 Å². The Morgan fingerprint density at radius 1 is 0.909 bits per heavy atom. The fraction of sp³-hybridized carbons (Fsp3) is 0.500. The number of nitrogens with zero attached hydrogens (tertiary/aromatic N) is 1. The maximum absolute atomic E-state index is 12.8. The zero-order valence-electron chi connectivity index (χ0n) is 25.8. The molecule has 10 heteroatoms. The molecule has 1 aromatic heterocycles. The molecule has 0 N–H and O–H groups in total. The summed E-state index contributed by atoms with van der Waals surface area (Å²) in [6.07, 6.45) is 10.9. The number of benzene rings is 2. The number of rotatable bonds is 7. The van der Waals surface area contributed by atoms with E-state index in [1.165, 1.54) is 57.2 Å². The molecule has 7 nitrogen and oxygen atoms in total. The van der Waals surface area contributed by atoms with Gasteiger partial charge in [0.1, 0.15) is 0 Å². The first-order chi connectivity index (χ1) is 20.8. The zero-order valence-corrected chi connectivity index (χ0v) is 28.2. The largest absolute Gasteiger partial charge is 0.450 e. The lowest BCUT2D eigenvalue weighted by molar-refractivity contribution is -0.155. The Morgan fingerprint density at radius 2 is 1.55 bits per heavy atom. The lowest BCUT2D eigenvalue weighted by atomic mass is 9.83. The van der Waals surface area contributed by atoms with Crippen molar-refractivity contribution in [3.05, 3.63) is 69.2 Å². The quantitative estimate of drug-likeness (QED) is 0.233. The molecule has 238 valence electrons. The van der Waals surface area contributed by atoms with Gasteiger partial charge in [-0.3, -0.25) is 9.59 Å².